The van der Waals surface area contributed by atoms with E-state index < -0.39 is 0 Å². The molecule has 1 aromatic rings. The van der Waals surface area contributed by atoms with Gasteiger partial charge in [-0.05, 0) is 6.92 Å². The highest BCUT2D eigenvalue weighted by Crippen LogP contribution is 2.52. The van der Waals surface area contributed by atoms with Crippen LogP contribution in [0.2, 0.25) is 0 Å². The van der Waals surface area contributed by atoms with Crippen LogP contribution in [0.4, 0.5) is 0 Å². The molecule has 0 bridgehead atoms. The number of thioether (sulfide) groups is 2. The Hall–Kier alpha value is 0.970. The minimum Gasteiger partial charge on any atom is -0.107 e. The van der Waals surface area contributed by atoms with Crippen molar-refractivity contribution in [3.05, 3.63) is 3.82 Å². The van der Waals surface area contributed by atoms with Gasteiger partial charge in [-0.2, -0.15) is 0 Å². The van der Waals surface area contributed by atoms with Gasteiger partial charge in [0.2, 0.25) is 0 Å². The Morgan fingerprint density at radius 1 is 1.30 bits per heavy atom. The normalized spacial score (nSPS) is 23.1. The molecule has 0 saturated carbocycles. The zero-order valence-electron chi connectivity index (χ0n) is 5.12. The summed E-state index contributed by atoms with van der Waals surface area (Å²) in [5, 5.41) is 0. The monoisotopic (exact) mass is 224 g/mol. The molecule has 1 aromatic heterocycles. The molecule has 0 N–H and O–H groups in total. The highest BCUT2D eigenvalue weighted by Gasteiger charge is 2.22. The third-order valence-corrected chi connectivity index (χ3v) is 7.61. The van der Waals surface area contributed by atoms with Crippen molar-refractivity contribution in [3.63, 3.8) is 0 Å². The molecular weight excluding hydrogens is 220 g/mol. The van der Waals surface area contributed by atoms with Gasteiger partial charge in [-0.1, -0.05) is 44.7 Å². The molecule has 0 aromatic carbocycles. The second kappa shape index (κ2) is 2.79. The van der Waals surface area contributed by atoms with Crippen LogP contribution in [0.1, 0.15) is 6.92 Å². The van der Waals surface area contributed by atoms with Gasteiger partial charge < -0.3 is 0 Å². The lowest BCUT2D eigenvalue weighted by atomic mass is 10.8. The summed E-state index contributed by atoms with van der Waals surface area (Å²) >= 11 is 9.00. The second-order valence-electron chi connectivity index (χ2n) is 1.87. The van der Waals surface area contributed by atoms with Gasteiger partial charge in [0.1, 0.15) is 3.82 Å². The van der Waals surface area contributed by atoms with Crippen molar-refractivity contribution < 1.29 is 0 Å². The van der Waals surface area contributed by atoms with Crippen LogP contribution in [0, 0.1) is 3.82 Å². The number of fused-ring (bicyclic) bond motifs is 1. The fraction of sp³-hybridized carbons (Fsp3) is 0.400. The van der Waals surface area contributed by atoms with Crippen LogP contribution in [-0.2, 0) is 0 Å². The second-order valence-corrected chi connectivity index (χ2v) is 7.95. The molecule has 1 atom stereocenters. The van der Waals surface area contributed by atoms with Crippen molar-refractivity contribution in [1.82, 2.24) is 0 Å². The smallest absolute Gasteiger partial charge is 0.107 e. The van der Waals surface area contributed by atoms with E-state index in [1.807, 2.05) is 33.9 Å². The number of hydrogen-bond acceptors (Lipinski definition) is 5. The molecule has 54 valence electrons. The van der Waals surface area contributed by atoms with Gasteiger partial charge in [0.15, 0.2) is 0 Å². The van der Waals surface area contributed by atoms with E-state index in [2.05, 4.69) is 6.92 Å². The molecule has 1 aliphatic heterocycles. The summed E-state index contributed by atoms with van der Waals surface area (Å²) in [6.45, 7) is 2.22. The average Bonchev–Trinajstić information content (AvgIpc) is 2.35. The quantitative estimate of drug-likeness (QED) is 0.481. The van der Waals surface area contributed by atoms with E-state index in [0.29, 0.717) is 4.58 Å². The Kier molecular flexibility index (Phi) is 2.12. The first-order valence-electron chi connectivity index (χ1n) is 2.74. The van der Waals surface area contributed by atoms with Crippen LogP contribution < -0.4 is 0 Å². The Bertz CT molecular complexity index is 295. The minimum atomic E-state index is 0.677. The van der Waals surface area contributed by atoms with E-state index in [4.69, 9.17) is 12.2 Å². The Morgan fingerprint density at radius 3 is 2.80 bits per heavy atom. The Morgan fingerprint density at radius 2 is 2.10 bits per heavy atom. The predicted octanol–water partition coefficient (Wildman–Crippen LogP) is 4.08. The molecule has 0 saturated heterocycles. The molecule has 10 heavy (non-hydrogen) atoms. The minimum absolute atomic E-state index is 0.677. The molecule has 2 heterocycles. The molecule has 0 aliphatic carbocycles. The first-order chi connectivity index (χ1) is 4.77. The summed E-state index contributed by atoms with van der Waals surface area (Å²) in [5.74, 6) is 0. The summed E-state index contributed by atoms with van der Waals surface area (Å²) in [6, 6.07) is 0. The van der Waals surface area contributed by atoms with Gasteiger partial charge in [0.25, 0.3) is 0 Å². The Labute approximate surface area is 80.4 Å². The maximum absolute atomic E-state index is 5.16. The zero-order valence-corrected chi connectivity index (χ0v) is 9.20. The molecule has 0 spiro atoms. The van der Waals surface area contributed by atoms with Gasteiger partial charge in [0.05, 0.1) is 13.7 Å². The average molecular weight is 224 g/mol. The van der Waals surface area contributed by atoms with E-state index >= 15 is 0 Å². The van der Waals surface area contributed by atoms with Crippen molar-refractivity contribution in [3.8, 4) is 0 Å². The first kappa shape index (κ1) is 7.61. The molecule has 0 nitrogen and oxygen atoms in total. The van der Waals surface area contributed by atoms with Gasteiger partial charge in [-0.15, -0.1) is 11.8 Å². The van der Waals surface area contributed by atoms with Crippen LogP contribution in [0.3, 0.4) is 0 Å². The largest absolute Gasteiger partial charge is 0.116 e. The standard InChI is InChI=1S/C5H4S5/c1-2-7-3-4(6)9-10-5(3)8-2/h2H,1H3/t2-/m1/s1. The van der Waals surface area contributed by atoms with Crippen LogP contribution in [0.5, 0.6) is 0 Å². The van der Waals surface area contributed by atoms with Gasteiger partial charge in [0, 0.05) is 0 Å². The summed E-state index contributed by atoms with van der Waals surface area (Å²) < 4.78 is 3.20. The summed E-state index contributed by atoms with van der Waals surface area (Å²) in [7, 11) is 3.55. The van der Waals surface area contributed by atoms with E-state index in [0.717, 1.165) is 3.82 Å². The van der Waals surface area contributed by atoms with Crippen molar-refractivity contribution >= 4 is 56.4 Å². The van der Waals surface area contributed by atoms with E-state index in [-0.39, 0.29) is 0 Å². The summed E-state index contributed by atoms with van der Waals surface area (Å²) in [5.41, 5.74) is 0. The fourth-order valence-corrected chi connectivity index (χ4v) is 7.40. The van der Waals surface area contributed by atoms with Crippen molar-refractivity contribution in [2.75, 3.05) is 0 Å². The van der Waals surface area contributed by atoms with Gasteiger partial charge in [-0.3, -0.25) is 0 Å². The highest BCUT2D eigenvalue weighted by atomic mass is 32.9. The van der Waals surface area contributed by atoms with Crippen LogP contribution in [0.15, 0.2) is 9.10 Å². The maximum Gasteiger partial charge on any atom is 0.116 e. The molecular formula is C5H4S5. The fourth-order valence-electron chi connectivity index (χ4n) is 0.745. The first-order valence-corrected chi connectivity index (χ1v) is 7.05. The van der Waals surface area contributed by atoms with Crippen molar-refractivity contribution in [1.29, 1.82) is 0 Å². The predicted molar refractivity (Wildman–Crippen MR) is 54.2 cm³/mol. The van der Waals surface area contributed by atoms with E-state index in [1.165, 1.54) is 9.10 Å². The highest BCUT2D eigenvalue weighted by molar-refractivity contribution is 8.21. The molecule has 0 unspecified atom stereocenters. The summed E-state index contributed by atoms with van der Waals surface area (Å²) in [4.78, 5) is 1.36. The molecule has 5 heteroatoms. The maximum atomic E-state index is 5.16. The lowest BCUT2D eigenvalue weighted by Crippen LogP contribution is -1.75. The van der Waals surface area contributed by atoms with Gasteiger partial charge >= 0.3 is 0 Å². The lowest BCUT2D eigenvalue weighted by Gasteiger charge is -1.93. The third kappa shape index (κ3) is 1.18. The van der Waals surface area contributed by atoms with E-state index in [1.54, 1.807) is 10.3 Å². The lowest BCUT2D eigenvalue weighted by molar-refractivity contribution is 1.41. The van der Waals surface area contributed by atoms with Crippen LogP contribution in [-0.4, -0.2) is 4.58 Å². The molecule has 0 radical (unpaired) electrons. The molecule has 0 amide bonds. The van der Waals surface area contributed by atoms with Crippen molar-refractivity contribution in [2.45, 2.75) is 20.6 Å². The third-order valence-electron chi connectivity index (χ3n) is 1.12. The number of hydrogen-bond donors (Lipinski definition) is 0. The topological polar surface area (TPSA) is 0 Å². The number of rotatable bonds is 0. The van der Waals surface area contributed by atoms with E-state index in [9.17, 15) is 0 Å². The molecule has 0 fully saturated rings. The SMILES string of the molecule is C[C@H]1Sc2ssc(=S)c2S1. The molecule has 1 aliphatic rings. The van der Waals surface area contributed by atoms with Crippen LogP contribution in [0.25, 0.3) is 0 Å². The zero-order chi connectivity index (χ0) is 7.14. The Balaban J connectivity index is 2.53. The molecule has 2 rings (SSSR count). The van der Waals surface area contributed by atoms with Crippen LogP contribution >= 0.6 is 56.4 Å². The van der Waals surface area contributed by atoms with Gasteiger partial charge in [-0.25, -0.2) is 0 Å². The van der Waals surface area contributed by atoms with Crippen molar-refractivity contribution in [2.24, 2.45) is 0 Å². The summed E-state index contributed by atoms with van der Waals surface area (Å²) in [6.07, 6.45) is 0.